The van der Waals surface area contributed by atoms with Crippen LogP contribution in [0.4, 0.5) is 0 Å². The molecule has 84 valence electrons. The molecule has 0 aromatic carbocycles. The molecule has 2 aliphatic rings. The molecule has 1 aliphatic heterocycles. The van der Waals surface area contributed by atoms with E-state index in [1.807, 2.05) is 0 Å². The monoisotopic (exact) mass is 260 g/mol. The van der Waals surface area contributed by atoms with E-state index >= 15 is 0 Å². The standard InChI is InChI=1S/C11H16OS3/c1-2-10(12)13-7-11-14-8-5-3-4-6-9(8)15-11/h2,8-9,11H,1,3-7H2. The summed E-state index contributed by atoms with van der Waals surface area (Å²) in [6.45, 7) is 3.49. The van der Waals surface area contributed by atoms with Crippen molar-refractivity contribution in [3.05, 3.63) is 12.7 Å². The maximum absolute atomic E-state index is 11.1. The van der Waals surface area contributed by atoms with Crippen LogP contribution in [0.1, 0.15) is 25.7 Å². The fourth-order valence-electron chi connectivity index (χ4n) is 2.08. The van der Waals surface area contributed by atoms with Gasteiger partial charge in [0.15, 0.2) is 0 Å². The van der Waals surface area contributed by atoms with Gasteiger partial charge in [0.2, 0.25) is 5.12 Å². The number of thioether (sulfide) groups is 3. The zero-order valence-electron chi connectivity index (χ0n) is 8.69. The van der Waals surface area contributed by atoms with Gasteiger partial charge in [-0.15, -0.1) is 23.5 Å². The van der Waals surface area contributed by atoms with E-state index in [4.69, 9.17) is 0 Å². The maximum atomic E-state index is 11.1. The van der Waals surface area contributed by atoms with Crippen LogP contribution in [0, 0.1) is 0 Å². The van der Waals surface area contributed by atoms with Gasteiger partial charge in [-0.05, 0) is 18.9 Å². The second-order valence-corrected chi connectivity index (χ2v) is 8.11. The largest absolute Gasteiger partial charge is 0.282 e. The number of hydrogen-bond donors (Lipinski definition) is 0. The van der Waals surface area contributed by atoms with Crippen molar-refractivity contribution in [3.63, 3.8) is 0 Å². The molecular weight excluding hydrogens is 244 g/mol. The molecule has 0 spiro atoms. The van der Waals surface area contributed by atoms with Crippen molar-refractivity contribution in [3.8, 4) is 0 Å². The summed E-state index contributed by atoms with van der Waals surface area (Å²) in [5, 5.41) is 1.85. The summed E-state index contributed by atoms with van der Waals surface area (Å²) in [6, 6.07) is 0. The first-order valence-corrected chi connectivity index (χ1v) is 8.27. The van der Waals surface area contributed by atoms with Crippen LogP contribution in [-0.2, 0) is 4.79 Å². The smallest absolute Gasteiger partial charge is 0.211 e. The fourth-order valence-corrected chi connectivity index (χ4v) is 7.04. The molecule has 1 nitrogen and oxygen atoms in total. The summed E-state index contributed by atoms with van der Waals surface area (Å²) >= 11 is 5.63. The van der Waals surface area contributed by atoms with Gasteiger partial charge in [0.1, 0.15) is 0 Å². The van der Waals surface area contributed by atoms with Crippen LogP contribution in [0.2, 0.25) is 0 Å². The lowest BCUT2D eigenvalue weighted by molar-refractivity contribution is -0.107. The first-order chi connectivity index (χ1) is 7.29. The minimum Gasteiger partial charge on any atom is -0.282 e. The number of carbonyl (C=O) groups is 1. The van der Waals surface area contributed by atoms with Gasteiger partial charge in [0, 0.05) is 16.3 Å². The zero-order chi connectivity index (χ0) is 10.7. The molecule has 1 saturated carbocycles. The average Bonchev–Trinajstić information content (AvgIpc) is 2.68. The van der Waals surface area contributed by atoms with E-state index in [1.165, 1.54) is 43.5 Å². The second-order valence-electron chi connectivity index (χ2n) is 3.90. The quantitative estimate of drug-likeness (QED) is 0.721. The Morgan fingerprint density at radius 2 is 1.93 bits per heavy atom. The van der Waals surface area contributed by atoms with Crippen LogP contribution in [0.15, 0.2) is 12.7 Å². The summed E-state index contributed by atoms with van der Waals surface area (Å²) in [7, 11) is 0. The Bertz CT molecular complexity index is 240. The highest BCUT2D eigenvalue weighted by Crippen LogP contribution is 2.50. The Hall–Kier alpha value is 0.460. The van der Waals surface area contributed by atoms with Crippen LogP contribution >= 0.6 is 35.3 Å². The molecule has 0 radical (unpaired) electrons. The molecule has 15 heavy (non-hydrogen) atoms. The first kappa shape index (κ1) is 11.9. The molecule has 0 N–H and O–H groups in total. The number of rotatable bonds is 3. The third-order valence-electron chi connectivity index (χ3n) is 2.82. The highest BCUT2D eigenvalue weighted by molar-refractivity contribution is 8.23. The summed E-state index contributed by atoms with van der Waals surface area (Å²) in [4.78, 5) is 11.1. The fraction of sp³-hybridized carbons (Fsp3) is 0.727. The SMILES string of the molecule is C=CC(=O)SCC1SC2CCCCC2S1. The second kappa shape index (κ2) is 5.69. The summed E-state index contributed by atoms with van der Waals surface area (Å²) < 4.78 is 0.631. The summed E-state index contributed by atoms with van der Waals surface area (Å²) in [5.74, 6) is 0.952. The van der Waals surface area contributed by atoms with Crippen molar-refractivity contribution in [2.24, 2.45) is 0 Å². The molecule has 2 rings (SSSR count). The number of fused-ring (bicyclic) bond motifs is 1. The van der Waals surface area contributed by atoms with E-state index < -0.39 is 0 Å². The Morgan fingerprint density at radius 1 is 1.33 bits per heavy atom. The van der Waals surface area contributed by atoms with Crippen LogP contribution in [0.3, 0.4) is 0 Å². The van der Waals surface area contributed by atoms with E-state index in [0.717, 1.165) is 16.3 Å². The van der Waals surface area contributed by atoms with Gasteiger partial charge in [-0.25, -0.2) is 0 Å². The van der Waals surface area contributed by atoms with Crippen molar-refractivity contribution in [2.75, 3.05) is 5.75 Å². The van der Waals surface area contributed by atoms with Crippen LogP contribution in [-0.4, -0.2) is 25.9 Å². The number of hydrogen-bond acceptors (Lipinski definition) is 4. The third-order valence-corrected chi connectivity index (χ3v) is 7.80. The summed E-state index contributed by atoms with van der Waals surface area (Å²) in [6.07, 6.45) is 7.00. The van der Waals surface area contributed by atoms with Crippen LogP contribution in [0.5, 0.6) is 0 Å². The highest BCUT2D eigenvalue weighted by atomic mass is 32.2. The lowest BCUT2D eigenvalue weighted by Crippen LogP contribution is -2.19. The topological polar surface area (TPSA) is 17.1 Å². The predicted octanol–water partition coefficient (Wildman–Crippen LogP) is 3.55. The Balaban J connectivity index is 1.76. The van der Waals surface area contributed by atoms with Crippen molar-refractivity contribution in [2.45, 2.75) is 40.8 Å². The molecule has 2 atom stereocenters. The van der Waals surface area contributed by atoms with Gasteiger partial charge >= 0.3 is 0 Å². The molecule has 1 saturated heterocycles. The molecule has 1 aliphatic carbocycles. The van der Waals surface area contributed by atoms with Gasteiger partial charge in [-0.1, -0.05) is 31.2 Å². The first-order valence-electron chi connectivity index (χ1n) is 5.39. The van der Waals surface area contributed by atoms with Gasteiger partial charge in [0.05, 0.1) is 4.58 Å². The minimum absolute atomic E-state index is 0.117. The molecule has 0 amide bonds. The van der Waals surface area contributed by atoms with Gasteiger partial charge in [0.25, 0.3) is 0 Å². The van der Waals surface area contributed by atoms with Crippen molar-refractivity contribution >= 4 is 40.4 Å². The lowest BCUT2D eigenvalue weighted by atomic mass is 10.00. The normalized spacial score (nSPS) is 34.8. The van der Waals surface area contributed by atoms with Crippen molar-refractivity contribution in [1.29, 1.82) is 0 Å². The van der Waals surface area contributed by atoms with Crippen LogP contribution < -0.4 is 0 Å². The van der Waals surface area contributed by atoms with E-state index in [1.54, 1.807) is 0 Å². The van der Waals surface area contributed by atoms with E-state index in [9.17, 15) is 4.79 Å². The predicted molar refractivity (Wildman–Crippen MR) is 72.7 cm³/mol. The molecule has 2 fully saturated rings. The van der Waals surface area contributed by atoms with Gasteiger partial charge < -0.3 is 0 Å². The average molecular weight is 260 g/mol. The highest BCUT2D eigenvalue weighted by Gasteiger charge is 2.36. The molecule has 2 unspecified atom stereocenters. The van der Waals surface area contributed by atoms with Gasteiger partial charge in [-0.3, -0.25) is 4.79 Å². The lowest BCUT2D eigenvalue weighted by Gasteiger charge is -2.22. The molecule has 1 heterocycles. The zero-order valence-corrected chi connectivity index (χ0v) is 11.1. The Kier molecular flexibility index (Phi) is 4.52. The van der Waals surface area contributed by atoms with E-state index in [-0.39, 0.29) is 5.12 Å². The minimum atomic E-state index is 0.117. The maximum Gasteiger partial charge on any atom is 0.211 e. The van der Waals surface area contributed by atoms with Crippen LogP contribution in [0.25, 0.3) is 0 Å². The molecule has 0 bridgehead atoms. The van der Waals surface area contributed by atoms with E-state index in [2.05, 4.69) is 30.1 Å². The third kappa shape index (κ3) is 3.21. The summed E-state index contributed by atoms with van der Waals surface area (Å²) in [5.41, 5.74) is 0. The molecule has 0 aromatic rings. The van der Waals surface area contributed by atoms with E-state index in [0.29, 0.717) is 4.58 Å². The molecule has 4 heteroatoms. The van der Waals surface area contributed by atoms with Crippen molar-refractivity contribution < 1.29 is 4.79 Å². The number of carbonyl (C=O) groups excluding carboxylic acids is 1. The molecular formula is C11H16OS3. The van der Waals surface area contributed by atoms with Gasteiger partial charge in [-0.2, -0.15) is 0 Å². The van der Waals surface area contributed by atoms with Crippen molar-refractivity contribution in [1.82, 2.24) is 0 Å². The Labute approximate surface area is 104 Å². The Morgan fingerprint density at radius 3 is 2.47 bits per heavy atom. The molecule has 0 aromatic heterocycles.